The number of hydrogen-bond acceptors (Lipinski definition) is 1. The first kappa shape index (κ1) is 12.6. The Morgan fingerprint density at radius 1 is 1.10 bits per heavy atom. The molecule has 3 heteroatoms. The topological polar surface area (TPSA) is 29.1 Å². The van der Waals surface area contributed by atoms with Gasteiger partial charge in [0.25, 0.3) is 0 Å². The summed E-state index contributed by atoms with van der Waals surface area (Å²) in [4.78, 5) is 12.1. The number of carbonyl (C=O) groups is 1. The third-order valence-electron chi connectivity index (χ3n) is 4.94. The van der Waals surface area contributed by atoms with Crippen LogP contribution in [0.5, 0.6) is 0 Å². The second-order valence-electron chi connectivity index (χ2n) is 6.01. The minimum absolute atomic E-state index is 0.0564. The molecule has 1 N–H and O–H groups in total. The van der Waals surface area contributed by atoms with E-state index in [0.29, 0.717) is 12.8 Å². The molecule has 0 bridgehead atoms. The van der Waals surface area contributed by atoms with E-state index in [0.717, 1.165) is 23.1 Å². The van der Waals surface area contributed by atoms with Gasteiger partial charge in [0.2, 0.25) is 5.91 Å². The number of rotatable bonds is 1. The molecule has 106 valence electrons. The van der Waals surface area contributed by atoms with E-state index in [1.165, 1.54) is 6.07 Å². The molecule has 0 radical (unpaired) electrons. The van der Waals surface area contributed by atoms with Crippen LogP contribution in [0.25, 0.3) is 0 Å². The molecule has 1 spiro atoms. The minimum Gasteiger partial charge on any atom is -0.348 e. The summed E-state index contributed by atoms with van der Waals surface area (Å²) >= 11 is 0. The van der Waals surface area contributed by atoms with E-state index in [1.54, 1.807) is 6.07 Å². The average Bonchev–Trinajstić information content (AvgIpc) is 3.03. The predicted octanol–water partition coefficient (Wildman–Crippen LogP) is 3.27. The van der Waals surface area contributed by atoms with Crippen molar-refractivity contribution in [3.05, 3.63) is 71.0 Å². The molecule has 2 nitrogen and oxygen atoms in total. The van der Waals surface area contributed by atoms with Gasteiger partial charge in [0.1, 0.15) is 5.82 Å². The largest absolute Gasteiger partial charge is 0.348 e. The zero-order valence-corrected chi connectivity index (χ0v) is 11.6. The number of carbonyl (C=O) groups excluding carboxylic acids is 1. The molecule has 4 rings (SSSR count). The Morgan fingerprint density at radius 2 is 1.90 bits per heavy atom. The Morgan fingerprint density at radius 3 is 2.71 bits per heavy atom. The van der Waals surface area contributed by atoms with Crippen molar-refractivity contribution in [2.45, 2.75) is 30.7 Å². The van der Waals surface area contributed by atoms with Crippen molar-refractivity contribution in [2.24, 2.45) is 0 Å². The smallest absolute Gasteiger partial charge is 0.221 e. The molecule has 1 aliphatic carbocycles. The Bertz CT molecular complexity index is 712. The van der Waals surface area contributed by atoms with Crippen molar-refractivity contribution >= 4 is 5.91 Å². The van der Waals surface area contributed by atoms with Gasteiger partial charge in [0.05, 0.1) is 6.04 Å². The van der Waals surface area contributed by atoms with Gasteiger partial charge in [-0.25, -0.2) is 4.39 Å². The maximum Gasteiger partial charge on any atom is 0.221 e. The molecular formula is C18H16FNO. The molecule has 1 fully saturated rings. The third-order valence-corrected chi connectivity index (χ3v) is 4.94. The van der Waals surface area contributed by atoms with Crippen molar-refractivity contribution in [3.63, 3.8) is 0 Å². The number of hydrogen-bond donors (Lipinski definition) is 1. The van der Waals surface area contributed by atoms with Gasteiger partial charge in [0, 0.05) is 11.8 Å². The van der Waals surface area contributed by atoms with Crippen molar-refractivity contribution in [1.29, 1.82) is 0 Å². The van der Waals surface area contributed by atoms with Gasteiger partial charge in [-0.3, -0.25) is 4.79 Å². The lowest BCUT2D eigenvalue weighted by molar-refractivity contribution is -0.119. The molecule has 2 aromatic rings. The molecule has 1 aliphatic heterocycles. The van der Waals surface area contributed by atoms with Crippen LogP contribution in [-0.2, 0) is 16.6 Å². The van der Waals surface area contributed by atoms with Crippen LogP contribution in [0.2, 0.25) is 0 Å². The quantitative estimate of drug-likeness (QED) is 0.854. The fourth-order valence-electron chi connectivity index (χ4n) is 4.03. The first-order chi connectivity index (χ1) is 10.2. The molecule has 1 saturated heterocycles. The van der Waals surface area contributed by atoms with Gasteiger partial charge in [-0.05, 0) is 35.6 Å². The summed E-state index contributed by atoms with van der Waals surface area (Å²) in [5.74, 6) is -0.0866. The van der Waals surface area contributed by atoms with Gasteiger partial charge in [-0.2, -0.15) is 0 Å². The average molecular weight is 281 g/mol. The van der Waals surface area contributed by atoms with Gasteiger partial charge in [0.15, 0.2) is 0 Å². The number of nitrogens with one attached hydrogen (secondary N) is 1. The molecule has 2 atom stereocenters. The molecule has 0 saturated carbocycles. The molecule has 1 amide bonds. The van der Waals surface area contributed by atoms with Gasteiger partial charge < -0.3 is 5.32 Å². The van der Waals surface area contributed by atoms with E-state index in [9.17, 15) is 9.18 Å². The molecular weight excluding hydrogens is 265 g/mol. The van der Waals surface area contributed by atoms with E-state index in [-0.39, 0.29) is 23.2 Å². The predicted molar refractivity (Wildman–Crippen MR) is 78.3 cm³/mol. The Labute approximate surface area is 123 Å². The molecule has 0 aromatic heterocycles. The maximum atomic E-state index is 14.0. The highest BCUT2D eigenvalue weighted by Crippen LogP contribution is 2.52. The number of halogens is 1. The molecule has 2 unspecified atom stereocenters. The summed E-state index contributed by atoms with van der Waals surface area (Å²) in [6.45, 7) is 0. The SMILES string of the molecule is O=C1CC2(CCc3c(F)cccc32)C(c2ccccc2)N1. The van der Waals surface area contributed by atoms with E-state index in [2.05, 4.69) is 5.32 Å². The number of benzene rings is 2. The summed E-state index contributed by atoms with van der Waals surface area (Å²) in [5, 5.41) is 3.10. The molecule has 1 heterocycles. The van der Waals surface area contributed by atoms with E-state index >= 15 is 0 Å². The minimum atomic E-state index is -0.296. The lowest BCUT2D eigenvalue weighted by Gasteiger charge is -2.31. The van der Waals surface area contributed by atoms with Crippen LogP contribution in [0, 0.1) is 5.82 Å². The fraction of sp³-hybridized carbons (Fsp3) is 0.278. The van der Waals surface area contributed by atoms with E-state index in [1.807, 2.05) is 36.4 Å². The van der Waals surface area contributed by atoms with E-state index in [4.69, 9.17) is 0 Å². The highest BCUT2D eigenvalue weighted by molar-refractivity contribution is 5.82. The van der Waals surface area contributed by atoms with Crippen LogP contribution in [0.4, 0.5) is 4.39 Å². The summed E-state index contributed by atoms with van der Waals surface area (Å²) in [7, 11) is 0. The highest BCUT2D eigenvalue weighted by Gasteiger charge is 2.52. The Kier molecular flexibility index (Phi) is 2.64. The van der Waals surface area contributed by atoms with Gasteiger partial charge in [-0.1, -0.05) is 42.5 Å². The lowest BCUT2D eigenvalue weighted by Crippen LogP contribution is -2.31. The van der Waals surface area contributed by atoms with Crippen LogP contribution in [0.1, 0.15) is 35.6 Å². The molecule has 2 aromatic carbocycles. The maximum absolute atomic E-state index is 14.0. The summed E-state index contributed by atoms with van der Waals surface area (Å²) in [5.41, 5.74) is 2.60. The van der Waals surface area contributed by atoms with Crippen molar-refractivity contribution in [3.8, 4) is 0 Å². The summed E-state index contributed by atoms with van der Waals surface area (Å²) < 4.78 is 14.0. The van der Waals surface area contributed by atoms with Gasteiger partial charge in [-0.15, -0.1) is 0 Å². The zero-order valence-electron chi connectivity index (χ0n) is 11.6. The fourth-order valence-corrected chi connectivity index (χ4v) is 4.03. The third kappa shape index (κ3) is 1.73. The van der Waals surface area contributed by atoms with Crippen LogP contribution < -0.4 is 5.32 Å². The van der Waals surface area contributed by atoms with Crippen molar-refractivity contribution < 1.29 is 9.18 Å². The Hall–Kier alpha value is -2.16. The lowest BCUT2D eigenvalue weighted by atomic mass is 9.73. The number of fused-ring (bicyclic) bond motifs is 2. The zero-order chi connectivity index (χ0) is 14.4. The monoisotopic (exact) mass is 281 g/mol. The van der Waals surface area contributed by atoms with Crippen LogP contribution in [0.15, 0.2) is 48.5 Å². The summed E-state index contributed by atoms with van der Waals surface area (Å²) in [6.07, 6.45) is 1.98. The van der Waals surface area contributed by atoms with Crippen molar-refractivity contribution in [1.82, 2.24) is 5.32 Å². The number of amides is 1. The van der Waals surface area contributed by atoms with Crippen LogP contribution in [-0.4, -0.2) is 5.91 Å². The first-order valence-electron chi connectivity index (χ1n) is 7.33. The van der Waals surface area contributed by atoms with Crippen LogP contribution >= 0.6 is 0 Å². The molecule has 21 heavy (non-hydrogen) atoms. The van der Waals surface area contributed by atoms with E-state index < -0.39 is 0 Å². The summed E-state index contributed by atoms with van der Waals surface area (Å²) in [6, 6.07) is 15.2. The highest BCUT2D eigenvalue weighted by atomic mass is 19.1. The Balaban J connectivity index is 1.88. The van der Waals surface area contributed by atoms with Gasteiger partial charge >= 0.3 is 0 Å². The molecule has 2 aliphatic rings. The second-order valence-corrected chi connectivity index (χ2v) is 6.01. The van der Waals surface area contributed by atoms with Crippen LogP contribution in [0.3, 0.4) is 0 Å². The van der Waals surface area contributed by atoms with Crippen molar-refractivity contribution in [2.75, 3.05) is 0 Å². The normalized spacial score (nSPS) is 26.9. The first-order valence-corrected chi connectivity index (χ1v) is 7.33. The second kappa shape index (κ2) is 4.42. The standard InChI is InChI=1S/C18H16FNO/c19-15-8-4-7-14-13(15)9-10-18(14)11-16(21)20-17(18)12-5-2-1-3-6-12/h1-8,17H,9-11H2,(H,20,21).